The fourth-order valence-corrected chi connectivity index (χ4v) is 6.05. The average molecular weight is 559 g/mol. The Labute approximate surface area is 236 Å². The van der Waals surface area contributed by atoms with E-state index in [0.717, 1.165) is 0 Å². The van der Waals surface area contributed by atoms with E-state index in [1.165, 1.54) is 36.4 Å². The number of methoxy groups -OCH3 is 1. The number of nitro benzene ring substituents is 1. The number of hydrogen-bond donors (Lipinski definition) is 2. The van der Waals surface area contributed by atoms with Crippen molar-refractivity contribution in [2.75, 3.05) is 7.11 Å². The molecule has 2 aliphatic rings. The number of esters is 1. The van der Waals surface area contributed by atoms with E-state index in [2.05, 4.69) is 5.32 Å². The molecule has 2 amide bonds. The Hall–Kier alpha value is -4.61. The fourth-order valence-electron chi connectivity index (χ4n) is 6.05. The first-order valence-electron chi connectivity index (χ1n) is 13.3. The quantitative estimate of drug-likeness (QED) is 0.243. The number of carbonyl (C=O) groups is 3. The topological polar surface area (TPSA) is 142 Å². The molecule has 2 N–H and O–H groups in total. The number of rotatable bonds is 8. The number of hydrazine groups is 1. The smallest absolute Gasteiger partial charge is 0.315 e. The summed E-state index contributed by atoms with van der Waals surface area (Å²) in [5, 5.41) is 29.3. The van der Waals surface area contributed by atoms with Crippen LogP contribution in [0, 0.1) is 16.0 Å². The number of non-ortho nitro benzene ring substituents is 1. The highest BCUT2D eigenvalue weighted by Gasteiger charge is 2.69. The molecule has 0 spiro atoms. The Kier molecular flexibility index (Phi) is 7.57. The molecule has 0 radical (unpaired) electrons. The first-order valence-corrected chi connectivity index (χ1v) is 13.3. The largest absolute Gasteiger partial charge is 0.469 e. The standard InChI is InChI=1S/C30H30N4O7/c1-3-18-30(38)23(29(37)41-2)25(20-14-16-22(17-15-20)34(39)40)32-26(19-10-6-4-7-11-19)24(28(36)33(30)32)31-27(35)21-12-8-5-9-13-21/h4-17,23-26,38H,3,18H2,1-2H3,(H,31,35)/t23-,24-,25+,26-,30-/m1/s1. The number of nitrogens with one attached hydrogen (secondary N) is 1. The molecule has 0 unspecified atom stereocenters. The SMILES string of the molecule is CCC[C@@]1(O)[C@@H](C(=O)OC)[C@H](c2ccc([N+](=O)[O-])cc2)N2[C@H](c3ccccc3)[C@@H](NC(=O)c3ccccc3)C(=O)N21. The van der Waals surface area contributed by atoms with Gasteiger partial charge in [-0.25, -0.2) is 5.01 Å². The van der Waals surface area contributed by atoms with Crippen molar-refractivity contribution < 1.29 is 29.2 Å². The number of nitro groups is 1. The molecule has 0 bridgehead atoms. The van der Waals surface area contributed by atoms with Crippen LogP contribution in [0.25, 0.3) is 0 Å². The second kappa shape index (κ2) is 11.1. The van der Waals surface area contributed by atoms with Crippen molar-refractivity contribution in [2.45, 2.75) is 43.6 Å². The zero-order chi connectivity index (χ0) is 29.3. The van der Waals surface area contributed by atoms with Crippen LogP contribution in [0.3, 0.4) is 0 Å². The highest BCUT2D eigenvalue weighted by Crippen LogP contribution is 2.56. The number of amides is 2. The van der Waals surface area contributed by atoms with Crippen molar-refractivity contribution in [1.82, 2.24) is 15.3 Å². The number of aliphatic hydroxyl groups is 1. The van der Waals surface area contributed by atoms with E-state index < -0.39 is 52.5 Å². The van der Waals surface area contributed by atoms with Gasteiger partial charge in [-0.1, -0.05) is 74.0 Å². The van der Waals surface area contributed by atoms with Crippen LogP contribution in [-0.4, -0.2) is 56.7 Å². The molecule has 11 nitrogen and oxygen atoms in total. The van der Waals surface area contributed by atoms with Crippen LogP contribution in [0.5, 0.6) is 0 Å². The first kappa shape index (κ1) is 27.9. The van der Waals surface area contributed by atoms with Crippen LogP contribution in [0.15, 0.2) is 84.9 Å². The molecule has 2 fully saturated rings. The summed E-state index contributed by atoms with van der Waals surface area (Å²) in [6, 6.07) is 20.3. The van der Waals surface area contributed by atoms with Gasteiger partial charge in [-0.05, 0) is 29.7 Å². The van der Waals surface area contributed by atoms with Gasteiger partial charge in [-0.3, -0.25) is 24.5 Å². The van der Waals surface area contributed by atoms with Crippen molar-refractivity contribution in [3.63, 3.8) is 0 Å². The van der Waals surface area contributed by atoms with Gasteiger partial charge in [0.05, 0.1) is 24.1 Å². The highest BCUT2D eigenvalue weighted by atomic mass is 16.6. The summed E-state index contributed by atoms with van der Waals surface area (Å²) in [7, 11) is 1.21. The molecule has 11 heteroatoms. The van der Waals surface area contributed by atoms with Crippen molar-refractivity contribution in [2.24, 2.45) is 5.92 Å². The van der Waals surface area contributed by atoms with Gasteiger partial charge in [0.15, 0.2) is 5.72 Å². The molecule has 2 heterocycles. The summed E-state index contributed by atoms with van der Waals surface area (Å²) in [6.07, 6.45) is 0.463. The molecule has 5 atom stereocenters. The van der Waals surface area contributed by atoms with Crippen LogP contribution >= 0.6 is 0 Å². The third kappa shape index (κ3) is 4.72. The number of hydrogen-bond acceptors (Lipinski definition) is 8. The third-order valence-corrected chi connectivity index (χ3v) is 7.75. The molecule has 212 valence electrons. The number of nitrogens with zero attached hydrogens (tertiary/aromatic N) is 3. The normalized spacial score (nSPS) is 25.5. The molecule has 41 heavy (non-hydrogen) atoms. The molecule has 5 rings (SSSR count). The maximum atomic E-state index is 14.3. The predicted octanol–water partition coefficient (Wildman–Crippen LogP) is 3.53. The second-order valence-corrected chi connectivity index (χ2v) is 10.1. The van der Waals surface area contributed by atoms with Gasteiger partial charge in [0, 0.05) is 17.7 Å². The van der Waals surface area contributed by atoms with Crippen LogP contribution in [0.4, 0.5) is 5.69 Å². The van der Waals surface area contributed by atoms with E-state index in [-0.39, 0.29) is 12.1 Å². The van der Waals surface area contributed by atoms with Crippen molar-refractivity contribution >= 4 is 23.5 Å². The van der Waals surface area contributed by atoms with Gasteiger partial charge < -0.3 is 15.2 Å². The lowest BCUT2D eigenvalue weighted by Gasteiger charge is -2.35. The lowest BCUT2D eigenvalue weighted by atomic mass is 9.82. The average Bonchev–Trinajstić information content (AvgIpc) is 3.42. The van der Waals surface area contributed by atoms with Crippen LogP contribution in [-0.2, 0) is 14.3 Å². The first-order chi connectivity index (χ1) is 19.7. The Morgan fingerprint density at radius 3 is 2.12 bits per heavy atom. The molecular formula is C30H30N4O7. The minimum Gasteiger partial charge on any atom is -0.469 e. The van der Waals surface area contributed by atoms with E-state index in [0.29, 0.717) is 23.1 Å². The van der Waals surface area contributed by atoms with Crippen LogP contribution < -0.4 is 5.32 Å². The van der Waals surface area contributed by atoms with E-state index in [1.54, 1.807) is 59.6 Å². The predicted molar refractivity (Wildman–Crippen MR) is 147 cm³/mol. The maximum absolute atomic E-state index is 14.3. The number of benzene rings is 3. The van der Waals surface area contributed by atoms with Gasteiger partial charge >= 0.3 is 5.97 Å². The second-order valence-electron chi connectivity index (χ2n) is 10.1. The Morgan fingerprint density at radius 1 is 0.976 bits per heavy atom. The molecule has 0 saturated carbocycles. The van der Waals surface area contributed by atoms with Gasteiger partial charge in [0.25, 0.3) is 17.5 Å². The van der Waals surface area contributed by atoms with E-state index in [1.807, 2.05) is 13.0 Å². The zero-order valence-electron chi connectivity index (χ0n) is 22.5. The Morgan fingerprint density at radius 2 is 1.56 bits per heavy atom. The maximum Gasteiger partial charge on any atom is 0.315 e. The number of carbonyl (C=O) groups excluding carboxylic acids is 3. The summed E-state index contributed by atoms with van der Waals surface area (Å²) >= 11 is 0. The fraction of sp³-hybridized carbons (Fsp3) is 0.300. The summed E-state index contributed by atoms with van der Waals surface area (Å²) in [6.45, 7) is 1.82. The number of ether oxygens (including phenoxy) is 1. The van der Waals surface area contributed by atoms with Crippen molar-refractivity contribution in [3.05, 3.63) is 112 Å². The lowest BCUT2D eigenvalue weighted by Crippen LogP contribution is -2.55. The minimum atomic E-state index is -2.00. The number of fused-ring (bicyclic) bond motifs is 1. The van der Waals surface area contributed by atoms with Gasteiger partial charge in [0.1, 0.15) is 12.0 Å². The Bertz CT molecular complexity index is 1450. The third-order valence-electron chi connectivity index (χ3n) is 7.75. The molecule has 3 aromatic rings. The van der Waals surface area contributed by atoms with Crippen LogP contribution in [0.1, 0.15) is 53.3 Å². The highest BCUT2D eigenvalue weighted by molar-refractivity contribution is 5.98. The summed E-state index contributed by atoms with van der Waals surface area (Å²) < 4.78 is 5.14. The van der Waals surface area contributed by atoms with Crippen LogP contribution in [0.2, 0.25) is 0 Å². The molecular weight excluding hydrogens is 528 g/mol. The Balaban J connectivity index is 1.69. The van der Waals surface area contributed by atoms with Gasteiger partial charge in [0.2, 0.25) is 0 Å². The lowest BCUT2D eigenvalue weighted by molar-refractivity contribution is -0.384. The van der Waals surface area contributed by atoms with Crippen molar-refractivity contribution in [1.29, 1.82) is 0 Å². The molecule has 3 aromatic carbocycles. The van der Waals surface area contributed by atoms with Gasteiger partial charge in [-0.2, -0.15) is 5.01 Å². The van der Waals surface area contributed by atoms with E-state index in [4.69, 9.17) is 4.74 Å². The zero-order valence-corrected chi connectivity index (χ0v) is 22.5. The summed E-state index contributed by atoms with van der Waals surface area (Å²) in [5.41, 5.74) is -0.653. The monoisotopic (exact) mass is 558 g/mol. The molecule has 2 aliphatic heterocycles. The van der Waals surface area contributed by atoms with E-state index >= 15 is 0 Å². The molecule has 0 aromatic heterocycles. The molecule has 2 saturated heterocycles. The minimum absolute atomic E-state index is 0.0410. The summed E-state index contributed by atoms with van der Waals surface area (Å²) in [5.74, 6) is -3.03. The van der Waals surface area contributed by atoms with Gasteiger partial charge in [-0.15, -0.1) is 0 Å². The summed E-state index contributed by atoms with van der Waals surface area (Å²) in [4.78, 5) is 51.8. The molecule has 0 aliphatic carbocycles. The van der Waals surface area contributed by atoms with Crippen molar-refractivity contribution in [3.8, 4) is 0 Å². The van der Waals surface area contributed by atoms with E-state index in [9.17, 15) is 29.6 Å².